The quantitative estimate of drug-likeness (QED) is 0.427. The highest BCUT2D eigenvalue weighted by Gasteiger charge is 2.29. The maximum absolute atomic E-state index is 13.1. The summed E-state index contributed by atoms with van der Waals surface area (Å²) < 4.78 is 7.07. The molecule has 0 radical (unpaired) electrons. The molecule has 5 rings (SSSR count). The molecule has 1 saturated heterocycles. The van der Waals surface area contributed by atoms with Gasteiger partial charge in [0.15, 0.2) is 0 Å². The van der Waals surface area contributed by atoms with Crippen molar-refractivity contribution in [2.75, 3.05) is 32.1 Å². The van der Waals surface area contributed by atoms with Crippen LogP contribution in [0.4, 0.5) is 5.13 Å². The third kappa shape index (κ3) is 4.57. The Bertz CT molecular complexity index is 1200. The third-order valence-corrected chi connectivity index (χ3v) is 7.08. The molecular weight excluding hydrogens is 434 g/mol. The Morgan fingerprint density at radius 3 is 2.70 bits per heavy atom. The first-order chi connectivity index (χ1) is 16.1. The first-order valence-corrected chi connectivity index (χ1v) is 12.0. The number of carbonyl (C=O) groups is 1. The Morgan fingerprint density at radius 2 is 1.97 bits per heavy atom. The average Bonchev–Trinajstić information content (AvgIpc) is 3.44. The molecule has 0 spiro atoms. The van der Waals surface area contributed by atoms with E-state index in [1.165, 1.54) is 0 Å². The molecule has 0 N–H and O–H groups in total. The summed E-state index contributed by atoms with van der Waals surface area (Å²) in [6.07, 6.45) is 3.85. The fourth-order valence-corrected chi connectivity index (χ4v) is 5.24. The lowest BCUT2D eigenvalue weighted by Gasteiger charge is -2.33. The van der Waals surface area contributed by atoms with Gasteiger partial charge in [0, 0.05) is 32.2 Å². The second-order valence-corrected chi connectivity index (χ2v) is 9.37. The standard InChI is InChI=1S/C25H27N5O2S/c1-28(15-18-7-4-3-5-8-18)23(31)20-9-6-14-29(16-20)25-27-30-17-22(26-24(30)33-25)19-10-12-21(32-2)13-11-19/h3-5,7-8,10-13,17,20H,6,9,14-16H2,1-2H3. The summed E-state index contributed by atoms with van der Waals surface area (Å²) in [6, 6.07) is 18.0. The largest absolute Gasteiger partial charge is 0.497 e. The number of piperidine rings is 1. The van der Waals surface area contributed by atoms with Crippen molar-refractivity contribution in [3.63, 3.8) is 0 Å². The Morgan fingerprint density at radius 1 is 1.18 bits per heavy atom. The molecule has 1 amide bonds. The third-order valence-electron chi connectivity index (χ3n) is 6.10. The van der Waals surface area contributed by atoms with Gasteiger partial charge in [-0.15, -0.1) is 5.10 Å². The van der Waals surface area contributed by atoms with Gasteiger partial charge < -0.3 is 14.5 Å². The van der Waals surface area contributed by atoms with Gasteiger partial charge in [0.1, 0.15) is 5.75 Å². The Kier molecular flexibility index (Phi) is 6.00. The lowest BCUT2D eigenvalue weighted by molar-refractivity contribution is -0.135. The van der Waals surface area contributed by atoms with Crippen LogP contribution >= 0.6 is 11.3 Å². The summed E-state index contributed by atoms with van der Waals surface area (Å²) >= 11 is 1.57. The Balaban J connectivity index is 1.27. The average molecular weight is 462 g/mol. The minimum Gasteiger partial charge on any atom is -0.497 e. The molecule has 33 heavy (non-hydrogen) atoms. The smallest absolute Gasteiger partial charge is 0.227 e. The summed E-state index contributed by atoms with van der Waals surface area (Å²) in [4.78, 5) is 22.8. The van der Waals surface area contributed by atoms with E-state index < -0.39 is 0 Å². The maximum atomic E-state index is 13.1. The van der Waals surface area contributed by atoms with E-state index in [9.17, 15) is 4.79 Å². The predicted molar refractivity (Wildman–Crippen MR) is 131 cm³/mol. The fourth-order valence-electron chi connectivity index (χ4n) is 4.32. The van der Waals surface area contributed by atoms with Crippen LogP contribution in [-0.2, 0) is 11.3 Å². The number of amides is 1. The van der Waals surface area contributed by atoms with Gasteiger partial charge in [-0.05, 0) is 42.7 Å². The number of nitrogens with zero attached hydrogens (tertiary/aromatic N) is 5. The summed E-state index contributed by atoms with van der Waals surface area (Å²) in [7, 11) is 3.56. The molecule has 1 atom stereocenters. The number of aromatic nitrogens is 3. The number of carbonyl (C=O) groups excluding carboxylic acids is 1. The van der Waals surface area contributed by atoms with Gasteiger partial charge >= 0.3 is 0 Å². The van der Waals surface area contributed by atoms with Gasteiger partial charge in [-0.25, -0.2) is 9.50 Å². The summed E-state index contributed by atoms with van der Waals surface area (Å²) in [6.45, 7) is 2.24. The monoisotopic (exact) mass is 461 g/mol. The zero-order chi connectivity index (χ0) is 22.8. The number of ether oxygens (including phenoxy) is 1. The van der Waals surface area contributed by atoms with Crippen LogP contribution in [0.3, 0.4) is 0 Å². The maximum Gasteiger partial charge on any atom is 0.227 e. The van der Waals surface area contributed by atoms with Crippen molar-refractivity contribution < 1.29 is 9.53 Å². The highest BCUT2D eigenvalue weighted by Crippen LogP contribution is 2.30. The van der Waals surface area contributed by atoms with Crippen LogP contribution in [0.25, 0.3) is 16.2 Å². The van der Waals surface area contributed by atoms with Crippen molar-refractivity contribution in [3.05, 3.63) is 66.4 Å². The first-order valence-electron chi connectivity index (χ1n) is 11.1. The van der Waals surface area contributed by atoms with Gasteiger partial charge in [-0.3, -0.25) is 4.79 Å². The number of methoxy groups -OCH3 is 1. The molecular formula is C25H27N5O2S. The highest BCUT2D eigenvalue weighted by atomic mass is 32.1. The van der Waals surface area contributed by atoms with Crippen LogP contribution in [0.1, 0.15) is 18.4 Å². The van der Waals surface area contributed by atoms with Crippen molar-refractivity contribution in [1.29, 1.82) is 0 Å². The predicted octanol–water partition coefficient (Wildman–Crippen LogP) is 4.34. The van der Waals surface area contributed by atoms with E-state index >= 15 is 0 Å². The van der Waals surface area contributed by atoms with Crippen molar-refractivity contribution in [2.24, 2.45) is 5.92 Å². The van der Waals surface area contributed by atoms with E-state index in [1.807, 2.05) is 65.1 Å². The van der Waals surface area contributed by atoms with E-state index in [0.717, 1.165) is 52.0 Å². The van der Waals surface area contributed by atoms with Crippen LogP contribution in [0.5, 0.6) is 5.75 Å². The molecule has 1 fully saturated rings. The molecule has 8 heteroatoms. The van der Waals surface area contributed by atoms with E-state index in [-0.39, 0.29) is 11.8 Å². The van der Waals surface area contributed by atoms with Gasteiger partial charge in [-0.2, -0.15) is 0 Å². The lowest BCUT2D eigenvalue weighted by atomic mass is 9.97. The fraction of sp³-hybridized carbons (Fsp3) is 0.320. The Hall–Kier alpha value is -3.39. The SMILES string of the molecule is COc1ccc(-c2cn3nc(N4CCCC(C(=O)N(C)Cc5ccccc5)C4)sc3n2)cc1. The summed E-state index contributed by atoms with van der Waals surface area (Å²) in [5.74, 6) is 1.01. The number of hydrogen-bond acceptors (Lipinski definition) is 6. The number of benzene rings is 2. The van der Waals surface area contributed by atoms with E-state index in [1.54, 1.807) is 18.4 Å². The van der Waals surface area contributed by atoms with Gasteiger partial charge in [0.25, 0.3) is 0 Å². The van der Waals surface area contributed by atoms with Gasteiger partial charge in [-0.1, -0.05) is 41.7 Å². The number of fused-ring (bicyclic) bond motifs is 1. The van der Waals surface area contributed by atoms with E-state index in [4.69, 9.17) is 14.8 Å². The second kappa shape index (κ2) is 9.23. The number of hydrogen-bond donors (Lipinski definition) is 0. The molecule has 2 aromatic carbocycles. The minimum absolute atomic E-state index is 0.0152. The molecule has 3 heterocycles. The molecule has 0 bridgehead atoms. The highest BCUT2D eigenvalue weighted by molar-refractivity contribution is 7.20. The molecule has 4 aromatic rings. The first kappa shape index (κ1) is 21.5. The normalized spacial score (nSPS) is 16.2. The van der Waals surface area contributed by atoms with Gasteiger partial charge in [0.2, 0.25) is 16.0 Å². The van der Waals surface area contributed by atoms with Crippen LogP contribution in [-0.4, -0.2) is 52.7 Å². The van der Waals surface area contributed by atoms with Gasteiger partial charge in [0.05, 0.1) is 24.9 Å². The molecule has 170 valence electrons. The minimum atomic E-state index is -0.0152. The molecule has 7 nitrogen and oxygen atoms in total. The van der Waals surface area contributed by atoms with Crippen LogP contribution in [0, 0.1) is 5.92 Å². The van der Waals surface area contributed by atoms with Crippen molar-refractivity contribution in [3.8, 4) is 17.0 Å². The molecule has 1 unspecified atom stereocenters. The van der Waals surface area contributed by atoms with Crippen LogP contribution in [0.2, 0.25) is 0 Å². The molecule has 2 aromatic heterocycles. The molecule has 0 saturated carbocycles. The van der Waals surface area contributed by atoms with Crippen LogP contribution in [0.15, 0.2) is 60.8 Å². The molecule has 0 aliphatic carbocycles. The zero-order valence-electron chi connectivity index (χ0n) is 18.8. The van der Waals surface area contributed by atoms with Crippen molar-refractivity contribution in [2.45, 2.75) is 19.4 Å². The molecule has 1 aliphatic heterocycles. The summed E-state index contributed by atoms with van der Waals surface area (Å²) in [5, 5.41) is 5.69. The lowest BCUT2D eigenvalue weighted by Crippen LogP contribution is -2.43. The number of anilines is 1. The number of imidazole rings is 1. The second-order valence-electron chi connectivity index (χ2n) is 8.43. The number of rotatable bonds is 6. The van der Waals surface area contributed by atoms with Crippen molar-refractivity contribution >= 4 is 27.3 Å². The van der Waals surface area contributed by atoms with Crippen LogP contribution < -0.4 is 9.64 Å². The molecule has 1 aliphatic rings. The Labute approximate surface area is 197 Å². The van der Waals surface area contributed by atoms with E-state index in [0.29, 0.717) is 13.1 Å². The van der Waals surface area contributed by atoms with E-state index in [2.05, 4.69) is 17.0 Å². The topological polar surface area (TPSA) is 63.0 Å². The summed E-state index contributed by atoms with van der Waals surface area (Å²) in [5.41, 5.74) is 3.06. The van der Waals surface area contributed by atoms with Crippen molar-refractivity contribution in [1.82, 2.24) is 19.5 Å². The zero-order valence-corrected chi connectivity index (χ0v) is 19.7.